The highest BCUT2D eigenvalue weighted by molar-refractivity contribution is 5.13. The van der Waals surface area contributed by atoms with Gasteiger partial charge in [-0.3, -0.25) is 4.84 Å². The van der Waals surface area contributed by atoms with E-state index in [9.17, 15) is 0 Å². The molecule has 3 heteroatoms. The Bertz CT molecular complexity index is 257. The van der Waals surface area contributed by atoms with E-state index in [2.05, 4.69) is 22.9 Å². The molecule has 76 valence electrons. The molecule has 0 bridgehead atoms. The molecule has 0 aromatic heterocycles. The van der Waals surface area contributed by atoms with Crippen LogP contribution in [-0.2, 0) is 11.4 Å². The Labute approximate surface area is 84.4 Å². The van der Waals surface area contributed by atoms with Crippen molar-refractivity contribution in [1.29, 1.82) is 0 Å². The first-order valence-corrected chi connectivity index (χ1v) is 5.07. The van der Waals surface area contributed by atoms with Crippen molar-refractivity contribution in [3.8, 4) is 0 Å². The van der Waals surface area contributed by atoms with Gasteiger partial charge in [0.05, 0.1) is 6.61 Å². The zero-order chi connectivity index (χ0) is 9.64. The monoisotopic (exact) mass is 192 g/mol. The second-order valence-corrected chi connectivity index (χ2v) is 3.58. The minimum absolute atomic E-state index is 0.471. The third kappa shape index (κ3) is 2.80. The molecule has 0 radical (unpaired) electrons. The van der Waals surface area contributed by atoms with Crippen LogP contribution >= 0.6 is 0 Å². The fraction of sp³-hybridized carbons (Fsp3) is 0.455. The zero-order valence-corrected chi connectivity index (χ0v) is 8.20. The summed E-state index contributed by atoms with van der Waals surface area (Å²) in [4.78, 5) is 5.41. The maximum atomic E-state index is 5.41. The third-order valence-electron chi connectivity index (χ3n) is 2.39. The summed E-state index contributed by atoms with van der Waals surface area (Å²) in [6, 6.07) is 10.7. The van der Waals surface area contributed by atoms with Crippen molar-refractivity contribution in [2.75, 3.05) is 13.1 Å². The van der Waals surface area contributed by atoms with Crippen LogP contribution in [0.2, 0.25) is 0 Å². The van der Waals surface area contributed by atoms with Gasteiger partial charge in [-0.25, -0.2) is 0 Å². The normalized spacial score (nSPS) is 21.3. The lowest BCUT2D eigenvalue weighted by molar-refractivity contribution is 0.00789. The molecule has 14 heavy (non-hydrogen) atoms. The van der Waals surface area contributed by atoms with Crippen molar-refractivity contribution in [2.24, 2.45) is 0 Å². The molecule has 0 saturated carbocycles. The van der Waals surface area contributed by atoms with Crippen molar-refractivity contribution in [1.82, 2.24) is 10.8 Å². The molecule has 2 rings (SSSR count). The Morgan fingerprint density at radius 3 is 2.93 bits per heavy atom. The van der Waals surface area contributed by atoms with Crippen LogP contribution in [0, 0.1) is 0 Å². The molecule has 0 spiro atoms. The van der Waals surface area contributed by atoms with Crippen molar-refractivity contribution in [3.05, 3.63) is 35.9 Å². The molecule has 1 aliphatic heterocycles. The fourth-order valence-electron chi connectivity index (χ4n) is 1.57. The molecule has 2 N–H and O–H groups in total. The Morgan fingerprint density at radius 2 is 2.21 bits per heavy atom. The number of hydrogen-bond acceptors (Lipinski definition) is 3. The Morgan fingerprint density at radius 1 is 1.36 bits per heavy atom. The SMILES string of the molecule is c1ccc(CONC2CCNC2)cc1. The van der Waals surface area contributed by atoms with Crippen LogP contribution in [0.15, 0.2) is 30.3 Å². The summed E-state index contributed by atoms with van der Waals surface area (Å²) < 4.78 is 0. The van der Waals surface area contributed by atoms with E-state index < -0.39 is 0 Å². The molecule has 1 fully saturated rings. The van der Waals surface area contributed by atoms with Gasteiger partial charge in [0.25, 0.3) is 0 Å². The zero-order valence-electron chi connectivity index (χ0n) is 8.20. The van der Waals surface area contributed by atoms with Crippen LogP contribution in [0.4, 0.5) is 0 Å². The highest BCUT2D eigenvalue weighted by atomic mass is 16.6. The van der Waals surface area contributed by atoms with E-state index >= 15 is 0 Å². The highest BCUT2D eigenvalue weighted by Gasteiger charge is 2.13. The van der Waals surface area contributed by atoms with Crippen LogP contribution in [0.5, 0.6) is 0 Å². The lowest BCUT2D eigenvalue weighted by atomic mass is 10.2. The summed E-state index contributed by atoms with van der Waals surface area (Å²) in [6.07, 6.45) is 1.15. The standard InChI is InChI=1S/C11H16N2O/c1-2-4-10(5-3-1)9-14-13-11-6-7-12-8-11/h1-5,11-13H,6-9H2. The molecule has 0 aliphatic carbocycles. The first-order valence-electron chi connectivity index (χ1n) is 5.07. The van der Waals surface area contributed by atoms with Gasteiger partial charge < -0.3 is 5.32 Å². The van der Waals surface area contributed by atoms with Gasteiger partial charge in [-0.15, -0.1) is 0 Å². The molecular weight excluding hydrogens is 176 g/mol. The average Bonchev–Trinajstić information content (AvgIpc) is 2.72. The number of hydroxylamine groups is 1. The van der Waals surface area contributed by atoms with Gasteiger partial charge in [-0.1, -0.05) is 30.3 Å². The minimum atomic E-state index is 0.471. The molecule has 1 saturated heterocycles. The van der Waals surface area contributed by atoms with Gasteiger partial charge in [0.15, 0.2) is 0 Å². The van der Waals surface area contributed by atoms with Crippen LogP contribution in [0.3, 0.4) is 0 Å². The molecular formula is C11H16N2O. The summed E-state index contributed by atoms with van der Waals surface area (Å²) in [7, 11) is 0. The van der Waals surface area contributed by atoms with Crippen molar-refractivity contribution >= 4 is 0 Å². The van der Waals surface area contributed by atoms with Crippen LogP contribution in [0.25, 0.3) is 0 Å². The van der Waals surface area contributed by atoms with Crippen molar-refractivity contribution < 1.29 is 4.84 Å². The molecule has 1 heterocycles. The van der Waals surface area contributed by atoms with Gasteiger partial charge in [0, 0.05) is 12.6 Å². The predicted octanol–water partition coefficient (Wildman–Crippen LogP) is 1.07. The first-order chi connectivity index (χ1) is 6.95. The van der Waals surface area contributed by atoms with E-state index in [1.54, 1.807) is 0 Å². The quantitative estimate of drug-likeness (QED) is 0.700. The van der Waals surface area contributed by atoms with Crippen LogP contribution in [-0.4, -0.2) is 19.1 Å². The topological polar surface area (TPSA) is 33.3 Å². The minimum Gasteiger partial charge on any atom is -0.315 e. The summed E-state index contributed by atoms with van der Waals surface area (Å²) in [5.41, 5.74) is 4.27. The number of rotatable bonds is 4. The van der Waals surface area contributed by atoms with E-state index in [1.165, 1.54) is 5.56 Å². The lowest BCUT2D eigenvalue weighted by Crippen LogP contribution is -2.30. The van der Waals surface area contributed by atoms with Gasteiger partial charge in [-0.05, 0) is 18.5 Å². The first kappa shape index (κ1) is 9.65. The molecule has 1 aromatic rings. The van der Waals surface area contributed by atoms with Crippen LogP contribution < -0.4 is 10.8 Å². The largest absolute Gasteiger partial charge is 0.315 e. The van der Waals surface area contributed by atoms with Crippen molar-refractivity contribution in [2.45, 2.75) is 19.1 Å². The fourth-order valence-corrected chi connectivity index (χ4v) is 1.57. The molecule has 1 unspecified atom stereocenters. The second-order valence-electron chi connectivity index (χ2n) is 3.58. The second kappa shape index (κ2) is 5.10. The third-order valence-corrected chi connectivity index (χ3v) is 2.39. The number of nitrogens with one attached hydrogen (secondary N) is 2. The summed E-state index contributed by atoms with van der Waals surface area (Å²) >= 11 is 0. The van der Waals surface area contributed by atoms with Gasteiger partial charge >= 0.3 is 0 Å². The maximum Gasteiger partial charge on any atom is 0.0933 e. The summed E-state index contributed by atoms with van der Waals surface area (Å²) in [5.74, 6) is 0. The number of hydrogen-bond donors (Lipinski definition) is 2. The molecule has 1 aromatic carbocycles. The summed E-state index contributed by atoms with van der Waals surface area (Å²) in [5, 5.41) is 3.28. The number of benzene rings is 1. The van der Waals surface area contributed by atoms with E-state index in [0.29, 0.717) is 12.6 Å². The Balaban J connectivity index is 1.67. The Kier molecular flexibility index (Phi) is 3.51. The summed E-state index contributed by atoms with van der Waals surface area (Å²) in [6.45, 7) is 2.73. The Hall–Kier alpha value is -0.900. The van der Waals surface area contributed by atoms with E-state index in [4.69, 9.17) is 4.84 Å². The van der Waals surface area contributed by atoms with Gasteiger partial charge in [-0.2, -0.15) is 5.48 Å². The smallest absolute Gasteiger partial charge is 0.0933 e. The predicted molar refractivity (Wildman–Crippen MR) is 55.6 cm³/mol. The maximum absolute atomic E-state index is 5.41. The van der Waals surface area contributed by atoms with E-state index in [0.717, 1.165) is 19.5 Å². The molecule has 3 nitrogen and oxygen atoms in total. The van der Waals surface area contributed by atoms with Crippen LogP contribution in [0.1, 0.15) is 12.0 Å². The van der Waals surface area contributed by atoms with Gasteiger partial charge in [0.2, 0.25) is 0 Å². The lowest BCUT2D eigenvalue weighted by Gasteiger charge is -2.10. The van der Waals surface area contributed by atoms with Gasteiger partial charge in [0.1, 0.15) is 0 Å². The average molecular weight is 192 g/mol. The molecule has 0 amide bonds. The highest BCUT2D eigenvalue weighted by Crippen LogP contribution is 2.01. The van der Waals surface area contributed by atoms with E-state index in [-0.39, 0.29) is 0 Å². The van der Waals surface area contributed by atoms with Crippen molar-refractivity contribution in [3.63, 3.8) is 0 Å². The molecule has 1 aliphatic rings. The van der Waals surface area contributed by atoms with E-state index in [1.807, 2.05) is 18.2 Å². The molecule has 1 atom stereocenters.